The van der Waals surface area contributed by atoms with Gasteiger partial charge in [0.25, 0.3) is 10.0 Å². The summed E-state index contributed by atoms with van der Waals surface area (Å²) < 4.78 is 31.4. The van der Waals surface area contributed by atoms with Crippen LogP contribution in [0.25, 0.3) is 10.3 Å². The lowest BCUT2D eigenvalue weighted by Crippen LogP contribution is -2.40. The van der Waals surface area contributed by atoms with Crippen LogP contribution in [0.15, 0.2) is 41.3 Å². The minimum Gasteiger partial charge on any atom is -0.481 e. The van der Waals surface area contributed by atoms with Crippen LogP contribution in [0.1, 0.15) is 50.5 Å². The van der Waals surface area contributed by atoms with Crippen LogP contribution in [0, 0.1) is 5.92 Å². The topological polar surface area (TPSA) is 145 Å². The molecule has 4 rings (SSSR count). The Balaban J connectivity index is 1.59. The smallest absolute Gasteiger partial charge is 0.328 e. The summed E-state index contributed by atoms with van der Waals surface area (Å²) in [7, 11) is -2.53. The van der Waals surface area contributed by atoms with E-state index in [1.807, 2.05) is 0 Å². The number of methoxy groups -OCH3 is 1. The molecule has 0 spiro atoms. The second-order valence-corrected chi connectivity index (χ2v) is 11.5. The van der Waals surface area contributed by atoms with Crippen molar-refractivity contribution in [3.8, 4) is 5.88 Å². The van der Waals surface area contributed by atoms with E-state index < -0.39 is 22.0 Å². The van der Waals surface area contributed by atoms with Crippen LogP contribution < -0.4 is 15.8 Å². The van der Waals surface area contributed by atoms with E-state index >= 15 is 0 Å². The maximum absolute atomic E-state index is 13.4. The predicted octanol–water partition coefficient (Wildman–Crippen LogP) is 4.09. The molecular formula is C24H29N5O5S2. The summed E-state index contributed by atoms with van der Waals surface area (Å²) in [5.74, 6) is 0.181. The number of pyridine rings is 1. The number of thiazole rings is 1. The third-order valence-electron chi connectivity index (χ3n) is 6.43. The van der Waals surface area contributed by atoms with Crippen LogP contribution in [-0.2, 0) is 14.8 Å². The van der Waals surface area contributed by atoms with E-state index in [-0.39, 0.29) is 17.3 Å². The Kier molecular flexibility index (Phi) is 7.74. The molecule has 10 nitrogen and oxygen atoms in total. The van der Waals surface area contributed by atoms with Gasteiger partial charge >= 0.3 is 6.03 Å². The number of urea groups is 1. The van der Waals surface area contributed by atoms with Gasteiger partial charge in [0.15, 0.2) is 5.13 Å². The predicted molar refractivity (Wildman–Crippen MR) is 138 cm³/mol. The SMILES string of the molecule is CCN(C(N)=O)S(=O)(=O)c1ccc(C(CC2CCCC2)C(=O)Nc2nc3ccc(OC)nc3s2)cc1. The molecule has 0 bridgehead atoms. The molecule has 2 aromatic heterocycles. The normalized spacial score (nSPS) is 15.1. The van der Waals surface area contributed by atoms with Crippen LogP contribution in [0.2, 0.25) is 0 Å². The van der Waals surface area contributed by atoms with Crippen LogP contribution in [0.3, 0.4) is 0 Å². The molecule has 0 aliphatic heterocycles. The van der Waals surface area contributed by atoms with Crippen LogP contribution >= 0.6 is 11.3 Å². The summed E-state index contributed by atoms with van der Waals surface area (Å²) >= 11 is 1.26. The van der Waals surface area contributed by atoms with Crippen molar-refractivity contribution in [2.24, 2.45) is 11.7 Å². The standard InChI is InChI=1S/C24H29N5O5S2/c1-3-29(23(25)31)36(32,33)17-10-8-16(9-11-17)18(14-15-6-4-5-7-15)21(30)28-24-26-19-12-13-20(34-2)27-22(19)35-24/h8-13,15,18H,3-7,14H2,1-2H3,(H2,25,31)(H,26,28,30). The van der Waals surface area contributed by atoms with Crippen LogP contribution in [-0.4, -0.2) is 48.3 Å². The van der Waals surface area contributed by atoms with E-state index in [4.69, 9.17) is 10.5 Å². The molecule has 12 heteroatoms. The van der Waals surface area contributed by atoms with Crippen molar-refractivity contribution in [1.82, 2.24) is 14.3 Å². The first-order valence-electron chi connectivity index (χ1n) is 11.8. The number of rotatable bonds is 9. The Bertz CT molecular complexity index is 1350. The molecular weight excluding hydrogens is 502 g/mol. The molecule has 3 amide bonds. The lowest BCUT2D eigenvalue weighted by molar-refractivity contribution is -0.118. The van der Waals surface area contributed by atoms with E-state index in [0.29, 0.717) is 43.6 Å². The number of fused-ring (bicyclic) bond motifs is 1. The number of aromatic nitrogens is 2. The number of sulfonamides is 1. The quantitative estimate of drug-likeness (QED) is 0.423. The number of carbonyl (C=O) groups is 2. The van der Waals surface area contributed by atoms with Crippen molar-refractivity contribution in [2.75, 3.05) is 19.0 Å². The van der Waals surface area contributed by atoms with Crippen molar-refractivity contribution in [1.29, 1.82) is 0 Å². The van der Waals surface area contributed by atoms with E-state index in [2.05, 4.69) is 15.3 Å². The Labute approximate surface area is 213 Å². The minimum atomic E-state index is -4.07. The van der Waals surface area contributed by atoms with E-state index in [1.54, 1.807) is 24.3 Å². The van der Waals surface area contributed by atoms with Crippen molar-refractivity contribution in [3.05, 3.63) is 42.0 Å². The highest BCUT2D eigenvalue weighted by atomic mass is 32.2. The van der Waals surface area contributed by atoms with Gasteiger partial charge in [-0.05, 0) is 43.0 Å². The van der Waals surface area contributed by atoms with Gasteiger partial charge in [-0.2, -0.15) is 0 Å². The lowest BCUT2D eigenvalue weighted by Gasteiger charge is -2.21. The summed E-state index contributed by atoms with van der Waals surface area (Å²) in [4.78, 5) is 34.5. The van der Waals surface area contributed by atoms with Gasteiger partial charge in [0.2, 0.25) is 11.8 Å². The molecule has 192 valence electrons. The Morgan fingerprint density at radius 1 is 1.17 bits per heavy atom. The highest BCUT2D eigenvalue weighted by Gasteiger charge is 2.30. The van der Waals surface area contributed by atoms with Gasteiger partial charge < -0.3 is 15.8 Å². The molecule has 1 saturated carbocycles. The second kappa shape index (κ2) is 10.8. The molecule has 1 atom stereocenters. The fraction of sp³-hybridized carbons (Fsp3) is 0.417. The van der Waals surface area contributed by atoms with Crippen LogP contribution in [0.5, 0.6) is 5.88 Å². The second-order valence-electron chi connectivity index (χ2n) is 8.70. The maximum atomic E-state index is 13.4. The van der Waals surface area contributed by atoms with Crippen molar-refractivity contribution in [3.63, 3.8) is 0 Å². The number of amides is 3. The molecule has 0 saturated heterocycles. The summed E-state index contributed by atoms with van der Waals surface area (Å²) in [6.45, 7) is 1.46. The molecule has 1 unspecified atom stereocenters. The number of benzene rings is 1. The van der Waals surface area contributed by atoms with E-state index in [9.17, 15) is 18.0 Å². The summed E-state index contributed by atoms with van der Waals surface area (Å²) in [6, 6.07) is 8.55. The highest BCUT2D eigenvalue weighted by Crippen LogP contribution is 2.36. The first kappa shape index (κ1) is 25.8. The number of nitrogens with two attached hydrogens (primary N) is 1. The molecule has 3 N–H and O–H groups in total. The zero-order valence-corrected chi connectivity index (χ0v) is 21.8. The fourth-order valence-corrected chi connectivity index (χ4v) is 6.72. The molecule has 2 heterocycles. The van der Waals surface area contributed by atoms with Gasteiger partial charge in [0.05, 0.1) is 17.9 Å². The van der Waals surface area contributed by atoms with E-state index in [0.717, 1.165) is 25.7 Å². The van der Waals surface area contributed by atoms with Gasteiger partial charge in [-0.25, -0.2) is 27.5 Å². The fourth-order valence-electron chi connectivity index (χ4n) is 4.58. The number of hydrogen-bond donors (Lipinski definition) is 2. The summed E-state index contributed by atoms with van der Waals surface area (Å²) in [6.07, 6.45) is 5.05. The number of nitrogens with one attached hydrogen (secondary N) is 1. The number of primary amides is 1. The monoisotopic (exact) mass is 531 g/mol. The first-order valence-corrected chi connectivity index (χ1v) is 14.0. The van der Waals surface area contributed by atoms with Gasteiger partial charge in [-0.3, -0.25) is 4.79 Å². The zero-order valence-electron chi connectivity index (χ0n) is 20.1. The molecule has 1 fully saturated rings. The number of anilines is 1. The average Bonchev–Trinajstić information content (AvgIpc) is 3.51. The average molecular weight is 532 g/mol. The number of ether oxygens (including phenoxy) is 1. The molecule has 36 heavy (non-hydrogen) atoms. The third-order valence-corrected chi connectivity index (χ3v) is 9.20. The zero-order chi connectivity index (χ0) is 25.9. The molecule has 0 radical (unpaired) electrons. The summed E-state index contributed by atoms with van der Waals surface area (Å²) in [5, 5.41) is 3.37. The maximum Gasteiger partial charge on any atom is 0.328 e. The van der Waals surface area contributed by atoms with Gasteiger partial charge in [0, 0.05) is 12.6 Å². The van der Waals surface area contributed by atoms with Crippen molar-refractivity contribution < 1.29 is 22.7 Å². The third kappa shape index (κ3) is 5.44. The minimum absolute atomic E-state index is 0.0573. The van der Waals surface area contributed by atoms with Gasteiger partial charge in [-0.1, -0.05) is 49.2 Å². The van der Waals surface area contributed by atoms with Gasteiger partial charge in [-0.15, -0.1) is 0 Å². The number of hydrogen-bond acceptors (Lipinski definition) is 8. The van der Waals surface area contributed by atoms with E-state index in [1.165, 1.54) is 37.5 Å². The van der Waals surface area contributed by atoms with Crippen molar-refractivity contribution in [2.45, 2.75) is 49.8 Å². The first-order chi connectivity index (χ1) is 17.2. The summed E-state index contributed by atoms with van der Waals surface area (Å²) in [5.41, 5.74) is 6.59. The molecule has 1 aliphatic rings. The Morgan fingerprint density at radius 2 is 1.86 bits per heavy atom. The number of nitrogens with zero attached hydrogens (tertiary/aromatic N) is 3. The van der Waals surface area contributed by atoms with Gasteiger partial charge in [0.1, 0.15) is 10.3 Å². The van der Waals surface area contributed by atoms with Crippen LogP contribution in [0.4, 0.5) is 9.93 Å². The van der Waals surface area contributed by atoms with Crippen molar-refractivity contribution >= 4 is 48.8 Å². The highest BCUT2D eigenvalue weighted by molar-refractivity contribution is 7.89. The number of carbonyl (C=O) groups excluding carboxylic acids is 2. The largest absolute Gasteiger partial charge is 0.481 e. The Morgan fingerprint density at radius 3 is 2.47 bits per heavy atom. The Hall–Kier alpha value is -3.25. The molecule has 1 aromatic carbocycles. The molecule has 1 aliphatic carbocycles. The lowest BCUT2D eigenvalue weighted by atomic mass is 9.87. The molecule has 3 aromatic rings.